The van der Waals surface area contributed by atoms with E-state index in [0.29, 0.717) is 0 Å². The lowest BCUT2D eigenvalue weighted by Crippen LogP contribution is -2.38. The lowest BCUT2D eigenvalue weighted by Gasteiger charge is -2.24. The Labute approximate surface area is 125 Å². The van der Waals surface area contributed by atoms with Crippen molar-refractivity contribution in [3.05, 3.63) is 65.7 Å². The van der Waals surface area contributed by atoms with Gasteiger partial charge in [0.15, 0.2) is 0 Å². The quantitative estimate of drug-likeness (QED) is 0.726. The molecule has 1 atom stereocenters. The Morgan fingerprint density at radius 3 is 2.00 bits per heavy atom. The van der Waals surface area contributed by atoms with E-state index in [0.717, 1.165) is 16.9 Å². The van der Waals surface area contributed by atoms with E-state index >= 15 is 0 Å². The minimum Gasteiger partial charge on any atom is -0.497 e. The summed E-state index contributed by atoms with van der Waals surface area (Å²) in [7, 11) is 1.63. The third kappa shape index (κ3) is 4.04. The molecule has 4 heteroatoms. The third-order valence-corrected chi connectivity index (χ3v) is 3.43. The maximum atomic E-state index is 9.31. The predicted octanol–water partition coefficient (Wildman–Crippen LogP) is 1.73. The molecule has 0 aliphatic carbocycles. The molecule has 2 aromatic carbocycles. The lowest BCUT2D eigenvalue weighted by molar-refractivity contribution is 0.165. The second-order valence-corrected chi connectivity index (χ2v) is 4.85. The zero-order chi connectivity index (χ0) is 15.1. The fourth-order valence-corrected chi connectivity index (χ4v) is 2.23. The molecular weight excluding hydrogens is 266 g/mol. The van der Waals surface area contributed by atoms with Gasteiger partial charge in [0, 0.05) is 0 Å². The van der Waals surface area contributed by atoms with Crippen LogP contribution in [0.15, 0.2) is 54.6 Å². The first kappa shape index (κ1) is 15.5. The van der Waals surface area contributed by atoms with Crippen molar-refractivity contribution in [1.82, 2.24) is 5.32 Å². The summed E-state index contributed by atoms with van der Waals surface area (Å²) < 4.78 is 5.18. The molecule has 0 radical (unpaired) electrons. The highest BCUT2D eigenvalue weighted by Gasteiger charge is 2.18. The highest BCUT2D eigenvalue weighted by molar-refractivity contribution is 5.35. The van der Waals surface area contributed by atoms with Crippen LogP contribution in [0.5, 0.6) is 5.75 Å². The lowest BCUT2D eigenvalue weighted by atomic mass is 9.97. The monoisotopic (exact) mass is 287 g/mol. The molecule has 0 spiro atoms. The summed E-state index contributed by atoms with van der Waals surface area (Å²) in [6, 6.07) is 17.3. The normalized spacial score (nSPS) is 12.4. The van der Waals surface area contributed by atoms with Gasteiger partial charge in [-0.1, -0.05) is 42.5 Å². The van der Waals surface area contributed by atoms with Crippen LogP contribution in [0.25, 0.3) is 0 Å². The fourth-order valence-electron chi connectivity index (χ4n) is 2.23. The maximum absolute atomic E-state index is 9.31. The number of hydrogen-bond donors (Lipinski definition) is 3. The van der Waals surface area contributed by atoms with Gasteiger partial charge in [-0.05, 0) is 23.3 Å². The topological polar surface area (TPSA) is 61.7 Å². The molecule has 21 heavy (non-hydrogen) atoms. The fraction of sp³-hybridized carbons (Fsp3) is 0.294. The molecule has 112 valence electrons. The zero-order valence-electron chi connectivity index (χ0n) is 12.1. The van der Waals surface area contributed by atoms with Crippen LogP contribution in [0.2, 0.25) is 0 Å². The first-order chi connectivity index (χ1) is 10.3. The molecule has 0 aliphatic rings. The van der Waals surface area contributed by atoms with E-state index < -0.39 is 0 Å². The molecule has 2 rings (SSSR count). The van der Waals surface area contributed by atoms with Gasteiger partial charge >= 0.3 is 0 Å². The highest BCUT2D eigenvalue weighted by Crippen LogP contribution is 2.24. The molecule has 2 aromatic rings. The van der Waals surface area contributed by atoms with Gasteiger partial charge in [-0.25, -0.2) is 0 Å². The van der Waals surface area contributed by atoms with E-state index in [2.05, 4.69) is 5.32 Å². The molecule has 4 nitrogen and oxygen atoms in total. The molecule has 0 amide bonds. The van der Waals surface area contributed by atoms with Crippen LogP contribution in [0, 0.1) is 0 Å². The number of aliphatic hydroxyl groups excluding tert-OH is 2. The number of aliphatic hydroxyl groups is 2. The predicted molar refractivity (Wildman–Crippen MR) is 82.4 cm³/mol. The van der Waals surface area contributed by atoms with E-state index in [-0.39, 0.29) is 25.3 Å². The molecule has 0 heterocycles. The van der Waals surface area contributed by atoms with Crippen molar-refractivity contribution in [2.75, 3.05) is 20.3 Å². The van der Waals surface area contributed by atoms with Gasteiger partial charge in [-0.15, -0.1) is 0 Å². The second kappa shape index (κ2) is 7.78. The Morgan fingerprint density at radius 1 is 0.905 bits per heavy atom. The Bertz CT molecular complexity index is 523. The maximum Gasteiger partial charge on any atom is 0.118 e. The van der Waals surface area contributed by atoms with Crippen LogP contribution in [0.1, 0.15) is 17.2 Å². The second-order valence-electron chi connectivity index (χ2n) is 4.85. The number of ether oxygens (including phenoxy) is 1. The SMILES string of the molecule is COc1ccc(C(NC(CO)CO)c2ccccc2)cc1. The number of hydrogen-bond acceptors (Lipinski definition) is 4. The molecule has 0 fully saturated rings. The van der Waals surface area contributed by atoms with Crippen LogP contribution < -0.4 is 10.1 Å². The van der Waals surface area contributed by atoms with E-state index in [1.165, 1.54) is 0 Å². The van der Waals surface area contributed by atoms with Gasteiger partial charge in [0.25, 0.3) is 0 Å². The van der Waals surface area contributed by atoms with Crippen LogP contribution in [0.4, 0.5) is 0 Å². The van der Waals surface area contributed by atoms with E-state index in [1.54, 1.807) is 7.11 Å². The van der Waals surface area contributed by atoms with Gasteiger partial charge in [-0.3, -0.25) is 5.32 Å². The Hall–Kier alpha value is -1.88. The van der Waals surface area contributed by atoms with Gasteiger partial charge < -0.3 is 14.9 Å². The van der Waals surface area contributed by atoms with Gasteiger partial charge in [0.1, 0.15) is 5.75 Å². The van der Waals surface area contributed by atoms with E-state index in [9.17, 15) is 10.2 Å². The van der Waals surface area contributed by atoms with Crippen molar-refractivity contribution in [1.29, 1.82) is 0 Å². The summed E-state index contributed by atoms with van der Waals surface area (Å²) in [4.78, 5) is 0. The Balaban J connectivity index is 2.30. The van der Waals surface area contributed by atoms with Crippen molar-refractivity contribution >= 4 is 0 Å². The summed E-state index contributed by atoms with van der Waals surface area (Å²) >= 11 is 0. The van der Waals surface area contributed by atoms with Gasteiger partial charge in [0.05, 0.1) is 32.4 Å². The first-order valence-electron chi connectivity index (χ1n) is 6.95. The number of rotatable bonds is 7. The largest absolute Gasteiger partial charge is 0.497 e. The molecular formula is C17H21NO3. The average Bonchev–Trinajstić information content (AvgIpc) is 2.57. The van der Waals surface area contributed by atoms with E-state index in [1.807, 2.05) is 54.6 Å². The molecule has 0 bridgehead atoms. The summed E-state index contributed by atoms with van der Waals surface area (Å²) in [6.45, 7) is -0.230. The van der Waals surface area contributed by atoms with Crippen LogP contribution in [-0.2, 0) is 0 Å². The number of benzene rings is 2. The van der Waals surface area contributed by atoms with E-state index in [4.69, 9.17) is 4.74 Å². The summed E-state index contributed by atoms with van der Waals surface area (Å²) in [5, 5.41) is 21.9. The molecule has 0 saturated carbocycles. The molecule has 3 N–H and O–H groups in total. The standard InChI is InChI=1S/C17H21NO3/c1-21-16-9-7-14(8-10-16)17(18-15(11-19)12-20)13-5-3-2-4-6-13/h2-10,15,17-20H,11-12H2,1H3. The zero-order valence-corrected chi connectivity index (χ0v) is 12.1. The van der Waals surface area contributed by atoms with Crippen LogP contribution in [-0.4, -0.2) is 36.6 Å². The average molecular weight is 287 g/mol. The van der Waals surface area contributed by atoms with Gasteiger partial charge in [0.2, 0.25) is 0 Å². The minimum atomic E-state index is -0.364. The highest BCUT2D eigenvalue weighted by atomic mass is 16.5. The first-order valence-corrected chi connectivity index (χ1v) is 6.95. The smallest absolute Gasteiger partial charge is 0.118 e. The molecule has 0 aliphatic heterocycles. The van der Waals surface area contributed by atoms with Crippen molar-refractivity contribution < 1.29 is 14.9 Å². The van der Waals surface area contributed by atoms with Crippen LogP contribution in [0.3, 0.4) is 0 Å². The summed E-state index contributed by atoms with van der Waals surface area (Å²) in [5.41, 5.74) is 2.13. The third-order valence-electron chi connectivity index (χ3n) is 3.43. The summed E-state index contributed by atoms with van der Waals surface area (Å²) in [5.74, 6) is 0.798. The Morgan fingerprint density at radius 2 is 1.48 bits per heavy atom. The molecule has 0 aromatic heterocycles. The van der Waals surface area contributed by atoms with Crippen LogP contribution >= 0.6 is 0 Å². The number of methoxy groups -OCH3 is 1. The molecule has 1 unspecified atom stereocenters. The minimum absolute atomic E-state index is 0.0959. The molecule has 0 saturated heterocycles. The number of nitrogens with one attached hydrogen (secondary N) is 1. The van der Waals surface area contributed by atoms with Crippen molar-refractivity contribution in [3.8, 4) is 5.75 Å². The Kier molecular flexibility index (Phi) is 5.75. The summed E-state index contributed by atoms with van der Waals surface area (Å²) in [6.07, 6.45) is 0. The van der Waals surface area contributed by atoms with Crippen molar-refractivity contribution in [3.63, 3.8) is 0 Å². The van der Waals surface area contributed by atoms with Crippen molar-refractivity contribution in [2.24, 2.45) is 0 Å². The van der Waals surface area contributed by atoms with Crippen molar-refractivity contribution in [2.45, 2.75) is 12.1 Å². The van der Waals surface area contributed by atoms with Gasteiger partial charge in [-0.2, -0.15) is 0 Å².